The van der Waals surface area contributed by atoms with E-state index in [1.807, 2.05) is 36.1 Å². The second kappa shape index (κ2) is 7.96. The fourth-order valence-corrected chi connectivity index (χ4v) is 3.09. The summed E-state index contributed by atoms with van der Waals surface area (Å²) in [6, 6.07) is 9.56. The number of amides is 2. The van der Waals surface area contributed by atoms with Crippen LogP contribution in [0.25, 0.3) is 0 Å². The lowest BCUT2D eigenvalue weighted by atomic mass is 9.87. The fraction of sp³-hybridized carbons (Fsp3) is 0.429. The van der Waals surface area contributed by atoms with Gasteiger partial charge in [-0.1, -0.05) is 32.9 Å². The molecule has 1 aromatic heterocycles. The maximum absolute atomic E-state index is 12.7. The molecule has 7 heteroatoms. The van der Waals surface area contributed by atoms with Crippen molar-refractivity contribution in [2.24, 2.45) is 0 Å². The Balaban J connectivity index is 1.73. The first-order valence-corrected chi connectivity index (χ1v) is 9.48. The van der Waals surface area contributed by atoms with Gasteiger partial charge in [-0.15, -0.1) is 0 Å². The van der Waals surface area contributed by atoms with E-state index in [-0.39, 0.29) is 11.3 Å². The summed E-state index contributed by atoms with van der Waals surface area (Å²) in [5.74, 6) is 0.264. The number of piperazine rings is 1. The molecule has 2 heterocycles. The van der Waals surface area contributed by atoms with Crippen LogP contribution in [-0.4, -0.2) is 53.4 Å². The molecular weight excluding hydrogens is 354 g/mol. The van der Waals surface area contributed by atoms with Crippen molar-refractivity contribution in [3.8, 4) is 0 Å². The van der Waals surface area contributed by atoms with Crippen molar-refractivity contribution < 1.29 is 9.59 Å². The number of hydrogen-bond donors (Lipinski definition) is 1. The van der Waals surface area contributed by atoms with Crippen LogP contribution < -0.4 is 10.2 Å². The molecule has 2 amide bonds. The van der Waals surface area contributed by atoms with Gasteiger partial charge in [0.05, 0.1) is 0 Å². The van der Waals surface area contributed by atoms with Gasteiger partial charge in [-0.05, 0) is 36.1 Å². The van der Waals surface area contributed by atoms with Gasteiger partial charge in [0.15, 0.2) is 0 Å². The van der Waals surface area contributed by atoms with Crippen LogP contribution in [0.2, 0.25) is 0 Å². The molecular formula is C21H27N5O2. The minimum Gasteiger partial charge on any atom is -0.342 e. The lowest BCUT2D eigenvalue weighted by Crippen LogP contribution is -2.46. The van der Waals surface area contributed by atoms with Crippen LogP contribution in [0.4, 0.5) is 11.6 Å². The lowest BCUT2D eigenvalue weighted by molar-refractivity contribution is -0.118. The molecule has 0 aliphatic carbocycles. The van der Waals surface area contributed by atoms with Gasteiger partial charge in [0.2, 0.25) is 12.4 Å². The molecule has 0 spiro atoms. The summed E-state index contributed by atoms with van der Waals surface area (Å²) < 4.78 is 0. The Hall–Kier alpha value is -2.96. The van der Waals surface area contributed by atoms with Crippen LogP contribution in [0.3, 0.4) is 0 Å². The standard InChI is InChI=1S/C21H27N5O2/c1-15-13-18(24-20(22-15)26-11-9-25(14-27)10-12-26)19(28)23-17-7-5-16(6-8-17)21(2,3)4/h5-8,13-14H,9-12H2,1-4H3,(H,23,28). The molecule has 3 rings (SSSR count). The van der Waals surface area contributed by atoms with Crippen LogP contribution in [-0.2, 0) is 10.2 Å². The summed E-state index contributed by atoms with van der Waals surface area (Å²) in [6.07, 6.45) is 0.859. The number of aromatic nitrogens is 2. The summed E-state index contributed by atoms with van der Waals surface area (Å²) in [5, 5.41) is 2.91. The minimum atomic E-state index is -0.262. The van der Waals surface area contributed by atoms with Crippen LogP contribution in [0, 0.1) is 6.92 Å². The molecule has 1 N–H and O–H groups in total. The number of carbonyl (C=O) groups is 2. The molecule has 1 aliphatic heterocycles. The van der Waals surface area contributed by atoms with E-state index in [2.05, 4.69) is 36.1 Å². The van der Waals surface area contributed by atoms with E-state index in [1.165, 1.54) is 5.56 Å². The summed E-state index contributed by atoms with van der Waals surface area (Å²) in [5.41, 5.74) is 3.07. The smallest absolute Gasteiger partial charge is 0.274 e. The molecule has 0 unspecified atom stereocenters. The number of aryl methyl sites for hydroxylation is 1. The molecule has 7 nitrogen and oxygen atoms in total. The number of hydrogen-bond acceptors (Lipinski definition) is 5. The van der Waals surface area contributed by atoms with E-state index in [0.29, 0.717) is 37.8 Å². The molecule has 0 atom stereocenters. The third-order valence-electron chi connectivity index (χ3n) is 4.83. The zero-order chi connectivity index (χ0) is 20.3. The van der Waals surface area contributed by atoms with Crippen LogP contribution >= 0.6 is 0 Å². The van der Waals surface area contributed by atoms with Gasteiger partial charge >= 0.3 is 0 Å². The average Bonchev–Trinajstić information content (AvgIpc) is 2.67. The predicted octanol–water partition coefficient (Wildman–Crippen LogP) is 2.61. The molecule has 0 saturated carbocycles. The molecule has 1 aliphatic rings. The molecule has 1 aromatic carbocycles. The summed E-state index contributed by atoms with van der Waals surface area (Å²) in [6.45, 7) is 10.9. The Morgan fingerprint density at radius 3 is 2.29 bits per heavy atom. The third-order valence-corrected chi connectivity index (χ3v) is 4.83. The molecule has 1 saturated heterocycles. The molecule has 0 radical (unpaired) electrons. The van der Waals surface area contributed by atoms with Crippen LogP contribution in [0.1, 0.15) is 42.5 Å². The van der Waals surface area contributed by atoms with Gasteiger partial charge in [-0.25, -0.2) is 9.97 Å². The van der Waals surface area contributed by atoms with E-state index in [0.717, 1.165) is 17.8 Å². The van der Waals surface area contributed by atoms with Gasteiger partial charge in [-0.2, -0.15) is 0 Å². The minimum absolute atomic E-state index is 0.0646. The van der Waals surface area contributed by atoms with Gasteiger partial charge in [0, 0.05) is 37.6 Å². The van der Waals surface area contributed by atoms with Crippen molar-refractivity contribution in [3.05, 3.63) is 47.3 Å². The van der Waals surface area contributed by atoms with Gasteiger partial charge in [-0.3, -0.25) is 9.59 Å². The van der Waals surface area contributed by atoms with Gasteiger partial charge in [0.1, 0.15) is 5.69 Å². The average molecular weight is 381 g/mol. The topological polar surface area (TPSA) is 78.4 Å². The van der Waals surface area contributed by atoms with Crippen LogP contribution in [0.5, 0.6) is 0 Å². The SMILES string of the molecule is Cc1cc(C(=O)Nc2ccc(C(C)(C)C)cc2)nc(N2CCN(C=O)CC2)n1. The number of benzene rings is 1. The third kappa shape index (κ3) is 4.65. The molecule has 1 fully saturated rings. The highest BCUT2D eigenvalue weighted by Crippen LogP contribution is 2.23. The first-order valence-electron chi connectivity index (χ1n) is 9.48. The predicted molar refractivity (Wildman–Crippen MR) is 110 cm³/mol. The Kier molecular flexibility index (Phi) is 5.63. The maximum Gasteiger partial charge on any atom is 0.274 e. The van der Waals surface area contributed by atoms with Crippen molar-refractivity contribution in [2.75, 3.05) is 36.4 Å². The highest BCUT2D eigenvalue weighted by Gasteiger charge is 2.20. The maximum atomic E-state index is 12.7. The van der Waals surface area contributed by atoms with E-state index >= 15 is 0 Å². The van der Waals surface area contributed by atoms with Crippen molar-refractivity contribution in [1.29, 1.82) is 0 Å². The van der Waals surface area contributed by atoms with Gasteiger partial charge < -0.3 is 15.1 Å². The second-order valence-corrected chi connectivity index (χ2v) is 8.10. The highest BCUT2D eigenvalue weighted by atomic mass is 16.2. The normalized spacial score (nSPS) is 14.7. The number of rotatable bonds is 4. The molecule has 0 bridgehead atoms. The van der Waals surface area contributed by atoms with E-state index in [1.54, 1.807) is 11.0 Å². The van der Waals surface area contributed by atoms with Gasteiger partial charge in [0.25, 0.3) is 5.91 Å². The Labute approximate surface area is 165 Å². The van der Waals surface area contributed by atoms with Crippen molar-refractivity contribution in [3.63, 3.8) is 0 Å². The molecule has 28 heavy (non-hydrogen) atoms. The number of nitrogens with zero attached hydrogens (tertiary/aromatic N) is 4. The quantitative estimate of drug-likeness (QED) is 0.824. The largest absolute Gasteiger partial charge is 0.342 e. The monoisotopic (exact) mass is 381 g/mol. The van der Waals surface area contributed by atoms with Crippen molar-refractivity contribution >= 4 is 24.0 Å². The van der Waals surface area contributed by atoms with Crippen LogP contribution in [0.15, 0.2) is 30.3 Å². The number of nitrogens with one attached hydrogen (secondary N) is 1. The highest BCUT2D eigenvalue weighted by molar-refractivity contribution is 6.03. The Bertz CT molecular complexity index is 850. The summed E-state index contributed by atoms with van der Waals surface area (Å²) in [4.78, 5) is 36.2. The zero-order valence-electron chi connectivity index (χ0n) is 16.9. The lowest BCUT2D eigenvalue weighted by Gasteiger charge is -2.32. The van der Waals surface area contributed by atoms with Crippen molar-refractivity contribution in [1.82, 2.24) is 14.9 Å². The number of anilines is 2. The van der Waals surface area contributed by atoms with E-state index in [9.17, 15) is 9.59 Å². The van der Waals surface area contributed by atoms with E-state index in [4.69, 9.17) is 0 Å². The Morgan fingerprint density at radius 1 is 1.07 bits per heavy atom. The summed E-state index contributed by atoms with van der Waals surface area (Å²) in [7, 11) is 0. The first kappa shape index (κ1) is 19.8. The number of carbonyl (C=O) groups excluding carboxylic acids is 2. The summed E-state index contributed by atoms with van der Waals surface area (Å²) >= 11 is 0. The molecule has 148 valence electrons. The fourth-order valence-electron chi connectivity index (χ4n) is 3.09. The molecule has 2 aromatic rings. The van der Waals surface area contributed by atoms with Crippen molar-refractivity contribution in [2.45, 2.75) is 33.1 Å². The first-order chi connectivity index (χ1) is 13.3. The van der Waals surface area contributed by atoms with E-state index < -0.39 is 0 Å². The second-order valence-electron chi connectivity index (χ2n) is 8.10. The Morgan fingerprint density at radius 2 is 1.71 bits per heavy atom. The zero-order valence-corrected chi connectivity index (χ0v) is 16.9.